The number of aromatic amines is 1. The number of hydrogen-bond donors (Lipinski definition) is 6. The zero-order valence-electron chi connectivity index (χ0n) is 27.6. The summed E-state index contributed by atoms with van der Waals surface area (Å²) >= 11 is 0. The predicted octanol–water partition coefficient (Wildman–Crippen LogP) is 6.87. The number of carboxylic acids is 2. The number of primary amides is 1. The SMILES string of the molecule is CCOc1cc(CC)cc(C(Nc2ccc3c(N)nccc3c2)c2ncc(-c3ccccc3C(N)=O)[nH]2)c1F.O=C(O)C(F)(F)F.O=C(O)C(F)(F)F. The number of nitrogens with zero attached hydrogens (tertiary/aromatic N) is 2. The van der Waals surface area contributed by atoms with Crippen molar-refractivity contribution >= 4 is 40.1 Å². The topological polar surface area (TPSA) is 207 Å². The molecule has 3 aromatic carbocycles. The molecule has 0 aliphatic heterocycles. The number of rotatable bonds is 9. The second kappa shape index (κ2) is 17.2. The van der Waals surface area contributed by atoms with Crippen LogP contribution in [0.25, 0.3) is 22.0 Å². The van der Waals surface area contributed by atoms with Gasteiger partial charge in [0, 0.05) is 34.0 Å². The molecule has 282 valence electrons. The van der Waals surface area contributed by atoms with Crippen molar-refractivity contribution in [2.24, 2.45) is 5.73 Å². The predicted molar refractivity (Wildman–Crippen MR) is 178 cm³/mol. The number of halogens is 7. The number of aromatic nitrogens is 3. The summed E-state index contributed by atoms with van der Waals surface area (Å²) in [7, 11) is 0. The first kappa shape index (κ1) is 41.0. The molecule has 2 heterocycles. The monoisotopic (exact) mass is 752 g/mol. The Bertz CT molecular complexity index is 2060. The van der Waals surface area contributed by atoms with E-state index in [1.54, 1.807) is 36.7 Å². The number of H-pyrrole nitrogens is 1. The maximum Gasteiger partial charge on any atom is 0.490 e. The van der Waals surface area contributed by atoms with Gasteiger partial charge < -0.3 is 36.7 Å². The molecule has 2 aromatic heterocycles. The Morgan fingerprint density at radius 1 is 0.925 bits per heavy atom. The molecule has 8 N–H and O–H groups in total. The van der Waals surface area contributed by atoms with E-state index >= 15 is 4.39 Å². The Morgan fingerprint density at radius 2 is 1.55 bits per heavy atom. The minimum absolute atomic E-state index is 0.182. The third kappa shape index (κ3) is 10.8. The molecule has 0 saturated carbocycles. The molecule has 0 radical (unpaired) electrons. The number of benzene rings is 3. The largest absolute Gasteiger partial charge is 0.491 e. The van der Waals surface area contributed by atoms with Crippen molar-refractivity contribution in [1.29, 1.82) is 0 Å². The Balaban J connectivity index is 0.000000458. The first-order valence-electron chi connectivity index (χ1n) is 15.2. The van der Waals surface area contributed by atoms with E-state index in [1.165, 1.54) is 0 Å². The molecule has 53 heavy (non-hydrogen) atoms. The van der Waals surface area contributed by atoms with Gasteiger partial charge in [-0.3, -0.25) is 4.79 Å². The molecule has 1 amide bonds. The Hall–Kier alpha value is -6.40. The van der Waals surface area contributed by atoms with Gasteiger partial charge in [0.1, 0.15) is 17.7 Å². The summed E-state index contributed by atoms with van der Waals surface area (Å²) in [5, 5.41) is 19.4. The van der Waals surface area contributed by atoms with Gasteiger partial charge in [0.15, 0.2) is 11.6 Å². The molecule has 0 spiro atoms. The lowest BCUT2D eigenvalue weighted by Crippen LogP contribution is -2.21. The average molecular weight is 753 g/mol. The fourth-order valence-electron chi connectivity index (χ4n) is 4.66. The molecule has 19 heteroatoms. The first-order valence-corrected chi connectivity index (χ1v) is 15.2. The van der Waals surface area contributed by atoms with Gasteiger partial charge in [-0.1, -0.05) is 31.2 Å². The molecule has 1 atom stereocenters. The van der Waals surface area contributed by atoms with Gasteiger partial charge in [-0.2, -0.15) is 26.3 Å². The number of ether oxygens (including phenoxy) is 1. The second-order valence-electron chi connectivity index (χ2n) is 10.7. The molecule has 5 aromatic rings. The highest BCUT2D eigenvalue weighted by atomic mass is 19.4. The summed E-state index contributed by atoms with van der Waals surface area (Å²) in [6, 6.07) is 17.3. The van der Waals surface area contributed by atoms with Crippen LogP contribution in [-0.4, -0.2) is 62.0 Å². The molecular weight excluding hydrogens is 721 g/mol. The van der Waals surface area contributed by atoms with Crippen molar-refractivity contribution in [2.75, 3.05) is 17.7 Å². The maximum absolute atomic E-state index is 15.9. The summed E-state index contributed by atoms with van der Waals surface area (Å²) in [5.74, 6) is -5.47. The quantitative estimate of drug-likeness (QED) is 0.0861. The van der Waals surface area contributed by atoms with E-state index in [-0.39, 0.29) is 5.75 Å². The number of aryl methyl sites for hydroxylation is 1. The first-order chi connectivity index (χ1) is 24.8. The van der Waals surface area contributed by atoms with Gasteiger partial charge in [0.05, 0.1) is 18.5 Å². The lowest BCUT2D eigenvalue weighted by molar-refractivity contribution is -0.193. The van der Waals surface area contributed by atoms with Crippen LogP contribution in [0.3, 0.4) is 0 Å². The zero-order valence-corrected chi connectivity index (χ0v) is 27.6. The van der Waals surface area contributed by atoms with Crippen molar-refractivity contribution in [1.82, 2.24) is 15.0 Å². The van der Waals surface area contributed by atoms with Crippen LogP contribution in [0.15, 0.2) is 73.1 Å². The lowest BCUT2D eigenvalue weighted by atomic mass is 9.99. The van der Waals surface area contributed by atoms with E-state index in [2.05, 4.69) is 20.3 Å². The molecule has 12 nitrogen and oxygen atoms in total. The van der Waals surface area contributed by atoms with E-state index in [4.69, 9.17) is 36.0 Å². The maximum atomic E-state index is 15.9. The van der Waals surface area contributed by atoms with E-state index in [0.717, 1.165) is 22.0 Å². The molecular formula is C34H31F7N6O6. The van der Waals surface area contributed by atoms with Crippen LogP contribution in [0.2, 0.25) is 0 Å². The summed E-state index contributed by atoms with van der Waals surface area (Å²) in [6.45, 7) is 4.15. The summed E-state index contributed by atoms with van der Waals surface area (Å²) in [6.07, 6.45) is -6.21. The standard InChI is InChI=1S/C30H29FN6O2.2C2HF3O2/c1-3-17-13-23(26(31)25(14-17)39-4-2)27(36-19-9-10-20-18(15-19)11-12-34-28(20)32)30-35-16-24(37-30)21-7-5-6-8-22(21)29(33)38;2*3-2(4,5)1(6)7/h5-16,27,36H,3-4H2,1-2H3,(H2,32,34)(H2,33,38)(H,35,37);2*(H,6,7). The fourth-order valence-corrected chi connectivity index (χ4v) is 4.66. The van der Waals surface area contributed by atoms with Crippen LogP contribution in [0.5, 0.6) is 5.75 Å². The number of amides is 1. The molecule has 1 unspecified atom stereocenters. The van der Waals surface area contributed by atoms with Gasteiger partial charge in [-0.25, -0.2) is 23.9 Å². The number of hydrogen-bond acceptors (Lipinski definition) is 8. The number of fused-ring (bicyclic) bond motifs is 1. The number of nitrogens with one attached hydrogen (secondary N) is 2. The molecule has 0 aliphatic carbocycles. The number of aliphatic carboxylic acids is 2. The van der Waals surface area contributed by atoms with Crippen LogP contribution in [-0.2, 0) is 16.0 Å². The summed E-state index contributed by atoms with van der Waals surface area (Å²) < 4.78 is 85.0. The zero-order chi connectivity index (χ0) is 39.7. The molecule has 0 bridgehead atoms. The fraction of sp³-hybridized carbons (Fsp3) is 0.206. The number of carbonyl (C=O) groups excluding carboxylic acids is 1. The van der Waals surface area contributed by atoms with Crippen molar-refractivity contribution in [3.05, 3.63) is 101 Å². The lowest BCUT2D eigenvalue weighted by Gasteiger charge is -2.22. The second-order valence-corrected chi connectivity index (χ2v) is 10.7. The summed E-state index contributed by atoms with van der Waals surface area (Å²) in [5.41, 5.74) is 15.2. The van der Waals surface area contributed by atoms with Crippen molar-refractivity contribution < 1.29 is 60.1 Å². The highest BCUT2D eigenvalue weighted by Crippen LogP contribution is 2.35. The number of anilines is 2. The normalized spacial score (nSPS) is 11.7. The Kier molecular flexibility index (Phi) is 13.3. The molecule has 0 aliphatic rings. The molecule has 0 saturated heterocycles. The van der Waals surface area contributed by atoms with E-state index in [1.807, 2.05) is 50.2 Å². The third-order valence-electron chi connectivity index (χ3n) is 7.09. The number of pyridine rings is 1. The number of nitrogens with two attached hydrogens (primary N) is 2. The smallest absolute Gasteiger partial charge is 0.490 e. The number of imidazole rings is 1. The van der Waals surface area contributed by atoms with Crippen molar-refractivity contribution in [3.63, 3.8) is 0 Å². The van der Waals surface area contributed by atoms with Gasteiger partial charge in [-0.05, 0) is 60.7 Å². The van der Waals surface area contributed by atoms with Crippen molar-refractivity contribution in [3.8, 4) is 17.0 Å². The number of nitrogen functional groups attached to an aromatic ring is 1. The van der Waals surface area contributed by atoms with Crippen LogP contribution < -0.4 is 21.5 Å². The van der Waals surface area contributed by atoms with Gasteiger partial charge in [-0.15, -0.1) is 0 Å². The third-order valence-corrected chi connectivity index (χ3v) is 7.09. The highest BCUT2D eigenvalue weighted by Gasteiger charge is 2.39. The van der Waals surface area contributed by atoms with Crippen LogP contribution >= 0.6 is 0 Å². The van der Waals surface area contributed by atoms with Crippen LogP contribution in [0.4, 0.5) is 42.2 Å². The van der Waals surface area contributed by atoms with Crippen molar-refractivity contribution in [2.45, 2.75) is 38.7 Å². The minimum atomic E-state index is -5.08. The highest BCUT2D eigenvalue weighted by molar-refractivity contribution is 5.99. The minimum Gasteiger partial charge on any atom is -0.491 e. The number of carboxylic acid groups (broad SMARTS) is 2. The van der Waals surface area contributed by atoms with Gasteiger partial charge in [0.25, 0.3) is 0 Å². The Labute approximate surface area is 295 Å². The van der Waals surface area contributed by atoms with E-state index in [0.29, 0.717) is 47.1 Å². The molecule has 0 fully saturated rings. The van der Waals surface area contributed by atoms with E-state index < -0.39 is 42.1 Å². The Morgan fingerprint density at radius 3 is 2.11 bits per heavy atom. The number of alkyl halides is 6. The molecule has 5 rings (SSSR count). The van der Waals surface area contributed by atoms with Crippen LogP contribution in [0, 0.1) is 5.82 Å². The average Bonchev–Trinajstić information content (AvgIpc) is 3.58. The van der Waals surface area contributed by atoms with Gasteiger partial charge in [0.2, 0.25) is 5.91 Å². The summed E-state index contributed by atoms with van der Waals surface area (Å²) in [4.78, 5) is 41.9. The van der Waals surface area contributed by atoms with Crippen LogP contribution in [0.1, 0.15) is 47.2 Å². The number of carbonyl (C=O) groups is 3. The van der Waals surface area contributed by atoms with E-state index in [9.17, 15) is 31.1 Å². The van der Waals surface area contributed by atoms with Gasteiger partial charge >= 0.3 is 24.3 Å².